The zero-order valence-corrected chi connectivity index (χ0v) is 18.1. The van der Waals surface area contributed by atoms with Crippen LogP contribution in [0.1, 0.15) is 21.5 Å². The van der Waals surface area contributed by atoms with Crippen LogP contribution in [0.25, 0.3) is 10.9 Å². The highest BCUT2D eigenvalue weighted by atomic mass is 79.9. The highest BCUT2D eigenvalue weighted by molar-refractivity contribution is 9.13. The van der Waals surface area contributed by atoms with Crippen molar-refractivity contribution in [3.05, 3.63) is 56.1 Å². The number of methoxy groups -OCH3 is 2. The Labute approximate surface area is 173 Å². The SMILES string of the molecule is COc1cc2c(cc1OC)CN(C(=O)c1c[nH]c3cc(Br)c(Br)cc13)CC2. The van der Waals surface area contributed by atoms with Crippen LogP contribution >= 0.6 is 31.9 Å². The van der Waals surface area contributed by atoms with Gasteiger partial charge in [-0.3, -0.25) is 4.79 Å². The van der Waals surface area contributed by atoms with Crippen LogP contribution in [-0.2, 0) is 13.0 Å². The molecule has 27 heavy (non-hydrogen) atoms. The quantitative estimate of drug-likeness (QED) is 0.564. The van der Waals surface area contributed by atoms with E-state index >= 15 is 0 Å². The number of benzene rings is 2. The van der Waals surface area contributed by atoms with Crippen LogP contribution in [0, 0.1) is 0 Å². The molecule has 1 amide bonds. The monoisotopic (exact) mass is 492 g/mol. The summed E-state index contributed by atoms with van der Waals surface area (Å²) in [4.78, 5) is 18.3. The Bertz CT molecular complexity index is 1050. The van der Waals surface area contributed by atoms with Crippen molar-refractivity contribution in [1.82, 2.24) is 9.88 Å². The standard InChI is InChI=1S/C20H18Br2N2O3/c1-26-18-5-11-3-4-24(10-12(11)6-19(18)27-2)20(25)14-9-23-17-8-16(22)15(21)7-13(14)17/h5-9,23H,3-4,10H2,1-2H3. The summed E-state index contributed by atoms with van der Waals surface area (Å²) < 4.78 is 12.7. The molecule has 1 aliphatic heterocycles. The number of aromatic amines is 1. The third-order valence-electron chi connectivity index (χ3n) is 4.96. The van der Waals surface area contributed by atoms with Crippen molar-refractivity contribution in [2.75, 3.05) is 20.8 Å². The average Bonchev–Trinajstić information content (AvgIpc) is 3.08. The molecule has 0 saturated heterocycles. The van der Waals surface area contributed by atoms with E-state index in [0.29, 0.717) is 24.4 Å². The van der Waals surface area contributed by atoms with Gasteiger partial charge in [-0.15, -0.1) is 0 Å². The van der Waals surface area contributed by atoms with Crippen molar-refractivity contribution in [3.63, 3.8) is 0 Å². The molecule has 4 rings (SSSR count). The molecular weight excluding hydrogens is 476 g/mol. The Morgan fingerprint density at radius 3 is 2.41 bits per heavy atom. The Kier molecular flexibility index (Phi) is 4.90. The first-order valence-electron chi connectivity index (χ1n) is 8.51. The van der Waals surface area contributed by atoms with Gasteiger partial charge in [0.05, 0.1) is 19.8 Å². The number of hydrogen-bond acceptors (Lipinski definition) is 3. The molecule has 7 heteroatoms. The summed E-state index contributed by atoms with van der Waals surface area (Å²) in [5.74, 6) is 1.44. The molecule has 1 aromatic heterocycles. The second-order valence-corrected chi connectivity index (χ2v) is 8.18. The number of ether oxygens (including phenoxy) is 2. The molecule has 0 atom stereocenters. The minimum Gasteiger partial charge on any atom is -0.493 e. The molecule has 0 aliphatic carbocycles. The fourth-order valence-electron chi connectivity index (χ4n) is 3.52. The zero-order chi connectivity index (χ0) is 19.1. The van der Waals surface area contributed by atoms with Gasteiger partial charge in [-0.05, 0) is 73.7 Å². The lowest BCUT2D eigenvalue weighted by molar-refractivity contribution is 0.0736. The van der Waals surface area contributed by atoms with Gasteiger partial charge in [-0.25, -0.2) is 0 Å². The highest BCUT2D eigenvalue weighted by Gasteiger charge is 2.25. The number of nitrogens with zero attached hydrogens (tertiary/aromatic N) is 1. The molecule has 0 radical (unpaired) electrons. The molecule has 2 heterocycles. The van der Waals surface area contributed by atoms with E-state index in [1.54, 1.807) is 20.4 Å². The van der Waals surface area contributed by atoms with Crippen molar-refractivity contribution < 1.29 is 14.3 Å². The largest absolute Gasteiger partial charge is 0.493 e. The molecule has 1 N–H and O–H groups in total. The average molecular weight is 494 g/mol. The molecule has 3 aromatic rings. The molecule has 1 aliphatic rings. The smallest absolute Gasteiger partial charge is 0.256 e. The predicted molar refractivity (Wildman–Crippen MR) is 112 cm³/mol. The lowest BCUT2D eigenvalue weighted by atomic mass is 9.98. The van der Waals surface area contributed by atoms with E-state index in [4.69, 9.17) is 9.47 Å². The van der Waals surface area contributed by atoms with Crippen molar-refractivity contribution >= 4 is 48.7 Å². The van der Waals surface area contributed by atoms with Gasteiger partial charge in [0.1, 0.15) is 0 Å². The first kappa shape index (κ1) is 18.4. The summed E-state index contributed by atoms with van der Waals surface area (Å²) in [5.41, 5.74) is 3.90. The summed E-state index contributed by atoms with van der Waals surface area (Å²) in [5, 5.41) is 0.910. The Morgan fingerprint density at radius 1 is 1.04 bits per heavy atom. The number of fused-ring (bicyclic) bond motifs is 2. The van der Waals surface area contributed by atoms with Crippen LogP contribution in [-0.4, -0.2) is 36.6 Å². The van der Waals surface area contributed by atoms with Crippen molar-refractivity contribution in [1.29, 1.82) is 0 Å². The summed E-state index contributed by atoms with van der Waals surface area (Å²) >= 11 is 7.02. The molecule has 0 fully saturated rings. The summed E-state index contributed by atoms with van der Waals surface area (Å²) in [7, 11) is 3.26. The van der Waals surface area contributed by atoms with E-state index in [9.17, 15) is 4.79 Å². The predicted octanol–water partition coefficient (Wildman–Crippen LogP) is 4.91. The molecule has 140 valence electrons. The first-order chi connectivity index (χ1) is 13.0. The van der Waals surface area contributed by atoms with Crippen molar-refractivity contribution in [3.8, 4) is 11.5 Å². The molecule has 0 spiro atoms. The van der Waals surface area contributed by atoms with Crippen LogP contribution in [0.2, 0.25) is 0 Å². The number of H-pyrrole nitrogens is 1. The van der Waals surface area contributed by atoms with Crippen molar-refractivity contribution in [2.45, 2.75) is 13.0 Å². The minimum absolute atomic E-state index is 0.0240. The minimum atomic E-state index is 0.0240. The van der Waals surface area contributed by atoms with Gasteiger partial charge in [0.2, 0.25) is 0 Å². The number of amides is 1. The van der Waals surface area contributed by atoms with E-state index < -0.39 is 0 Å². The Morgan fingerprint density at radius 2 is 1.70 bits per heavy atom. The third kappa shape index (κ3) is 3.23. The van der Waals surface area contributed by atoms with E-state index in [0.717, 1.165) is 37.6 Å². The van der Waals surface area contributed by atoms with Crippen molar-refractivity contribution in [2.24, 2.45) is 0 Å². The number of aromatic nitrogens is 1. The molecule has 0 unspecified atom stereocenters. The number of carbonyl (C=O) groups excluding carboxylic acids is 1. The van der Waals surface area contributed by atoms with Gasteiger partial charge in [0.25, 0.3) is 5.91 Å². The van der Waals surface area contributed by atoms with E-state index in [2.05, 4.69) is 36.8 Å². The molecular formula is C20H18Br2N2O3. The van der Waals surface area contributed by atoms with Gasteiger partial charge >= 0.3 is 0 Å². The van der Waals surface area contributed by atoms with Gasteiger partial charge in [-0.1, -0.05) is 0 Å². The Hall–Kier alpha value is -1.99. The maximum Gasteiger partial charge on any atom is 0.256 e. The number of nitrogens with one attached hydrogen (secondary N) is 1. The van der Waals surface area contributed by atoms with Crippen LogP contribution in [0.15, 0.2) is 39.4 Å². The maximum atomic E-state index is 13.2. The fourth-order valence-corrected chi connectivity index (χ4v) is 4.21. The Balaban J connectivity index is 1.66. The summed E-state index contributed by atoms with van der Waals surface area (Å²) in [6.07, 6.45) is 2.58. The van der Waals surface area contributed by atoms with Crippen LogP contribution in [0.4, 0.5) is 0 Å². The van der Waals surface area contributed by atoms with E-state index in [1.165, 1.54) is 5.56 Å². The van der Waals surface area contributed by atoms with E-state index in [-0.39, 0.29) is 5.91 Å². The number of halogens is 2. The van der Waals surface area contributed by atoms with Gasteiger partial charge in [0.15, 0.2) is 11.5 Å². The normalized spacial score (nSPS) is 13.6. The molecule has 0 bridgehead atoms. The second-order valence-electron chi connectivity index (χ2n) is 6.47. The van der Waals surface area contributed by atoms with E-state index in [1.807, 2.05) is 29.2 Å². The van der Waals surface area contributed by atoms with Crippen LogP contribution < -0.4 is 9.47 Å². The highest BCUT2D eigenvalue weighted by Crippen LogP contribution is 2.34. The van der Waals surface area contributed by atoms with Crippen LogP contribution in [0.5, 0.6) is 11.5 Å². The third-order valence-corrected chi connectivity index (χ3v) is 6.80. The number of hydrogen-bond donors (Lipinski definition) is 1. The molecule has 5 nitrogen and oxygen atoms in total. The van der Waals surface area contributed by atoms with Gasteiger partial charge in [0, 0.05) is 39.1 Å². The summed E-state index contributed by atoms with van der Waals surface area (Å²) in [6.45, 7) is 1.23. The van der Waals surface area contributed by atoms with Crippen LogP contribution in [0.3, 0.4) is 0 Å². The lowest BCUT2D eigenvalue weighted by Crippen LogP contribution is -2.35. The number of carbonyl (C=O) groups is 1. The van der Waals surface area contributed by atoms with Gasteiger partial charge in [-0.2, -0.15) is 0 Å². The second kappa shape index (κ2) is 7.20. The number of rotatable bonds is 3. The first-order valence-corrected chi connectivity index (χ1v) is 10.1. The lowest BCUT2D eigenvalue weighted by Gasteiger charge is -2.29. The zero-order valence-electron chi connectivity index (χ0n) is 14.9. The van der Waals surface area contributed by atoms with Gasteiger partial charge < -0.3 is 19.4 Å². The molecule has 2 aromatic carbocycles. The molecule has 0 saturated carbocycles. The topological polar surface area (TPSA) is 54.6 Å². The fraction of sp³-hybridized carbons (Fsp3) is 0.250. The maximum absolute atomic E-state index is 13.2. The summed E-state index contributed by atoms with van der Waals surface area (Å²) in [6, 6.07) is 7.92.